The molecule has 4 heterocycles. The van der Waals surface area contributed by atoms with Crippen molar-refractivity contribution >= 4 is 45.2 Å². The number of aromatic nitrogens is 2. The molecule has 1 N–H and O–H groups in total. The van der Waals surface area contributed by atoms with Gasteiger partial charge in [-0.05, 0) is 68.6 Å². The first-order chi connectivity index (χ1) is 17.0. The molecule has 0 spiro atoms. The number of likely N-dealkylation sites (tertiary alicyclic amines) is 1. The average molecular weight is 491 g/mol. The van der Waals surface area contributed by atoms with E-state index in [0.717, 1.165) is 71.8 Å². The van der Waals surface area contributed by atoms with Gasteiger partial charge in [0.15, 0.2) is 0 Å². The van der Waals surface area contributed by atoms with Crippen molar-refractivity contribution in [1.29, 1.82) is 0 Å². The summed E-state index contributed by atoms with van der Waals surface area (Å²) in [5, 5.41) is 4.59. The van der Waals surface area contributed by atoms with Gasteiger partial charge in [-0.3, -0.25) is 9.79 Å². The molecule has 8 nitrogen and oxygen atoms in total. The van der Waals surface area contributed by atoms with Crippen molar-refractivity contribution < 1.29 is 9.53 Å². The summed E-state index contributed by atoms with van der Waals surface area (Å²) in [4.78, 5) is 33.4. The van der Waals surface area contributed by atoms with Crippen LogP contribution in [0.15, 0.2) is 23.5 Å². The Morgan fingerprint density at radius 3 is 2.94 bits per heavy atom. The van der Waals surface area contributed by atoms with Gasteiger partial charge in [0.05, 0.1) is 24.7 Å². The molecule has 1 saturated heterocycles. The molecule has 6 rings (SSSR count). The number of fused-ring (bicyclic) bond motifs is 4. The molecular weight excluding hydrogens is 460 g/mol. The Labute approximate surface area is 209 Å². The number of aliphatic imine (C=N–C) groups is 1. The van der Waals surface area contributed by atoms with Crippen LogP contribution < -0.4 is 10.1 Å². The van der Waals surface area contributed by atoms with Crippen LogP contribution in [0.4, 0.5) is 11.5 Å². The van der Waals surface area contributed by atoms with E-state index >= 15 is 0 Å². The summed E-state index contributed by atoms with van der Waals surface area (Å²) in [6.07, 6.45) is 7.10. The van der Waals surface area contributed by atoms with Crippen LogP contribution in [-0.4, -0.2) is 72.2 Å². The normalized spacial score (nSPS) is 21.0. The zero-order valence-corrected chi connectivity index (χ0v) is 21.2. The van der Waals surface area contributed by atoms with Crippen molar-refractivity contribution in [2.75, 3.05) is 39.6 Å². The first kappa shape index (κ1) is 22.4. The first-order valence-corrected chi connectivity index (χ1v) is 13.0. The van der Waals surface area contributed by atoms with E-state index in [4.69, 9.17) is 4.74 Å². The van der Waals surface area contributed by atoms with E-state index in [9.17, 15) is 4.79 Å². The minimum absolute atomic E-state index is 0.0527. The van der Waals surface area contributed by atoms with Crippen LogP contribution in [0.2, 0.25) is 0 Å². The molecule has 1 aliphatic carbocycles. The quantitative estimate of drug-likeness (QED) is 0.588. The van der Waals surface area contributed by atoms with Crippen LogP contribution >= 0.6 is 11.3 Å². The number of carbonyl (C=O) groups is 1. The summed E-state index contributed by atoms with van der Waals surface area (Å²) < 4.78 is 5.66. The third-order valence-corrected chi connectivity index (χ3v) is 8.77. The van der Waals surface area contributed by atoms with E-state index in [-0.39, 0.29) is 5.92 Å². The second kappa shape index (κ2) is 8.87. The number of carbonyl (C=O) groups excluding carboxylic acids is 1. The number of rotatable bonds is 5. The average Bonchev–Trinajstić information content (AvgIpc) is 3.60. The lowest BCUT2D eigenvalue weighted by Gasteiger charge is -2.27. The Morgan fingerprint density at radius 1 is 1.26 bits per heavy atom. The van der Waals surface area contributed by atoms with Gasteiger partial charge in [0, 0.05) is 36.1 Å². The summed E-state index contributed by atoms with van der Waals surface area (Å²) in [7, 11) is 5.88. The largest absolute Gasteiger partial charge is 0.495 e. The number of thiophene rings is 1. The number of methoxy groups -OCH3 is 1. The van der Waals surface area contributed by atoms with E-state index in [1.54, 1.807) is 24.8 Å². The molecule has 2 atom stereocenters. The van der Waals surface area contributed by atoms with Crippen molar-refractivity contribution in [3.05, 3.63) is 40.0 Å². The third-order valence-electron chi connectivity index (χ3n) is 7.61. The van der Waals surface area contributed by atoms with Gasteiger partial charge in [-0.25, -0.2) is 9.97 Å². The molecular formula is C26H30N6O2S. The molecule has 1 fully saturated rings. The predicted octanol–water partition coefficient (Wildman–Crippen LogP) is 3.64. The number of anilines is 2. The summed E-state index contributed by atoms with van der Waals surface area (Å²) in [5.41, 5.74) is 4.42. The highest BCUT2D eigenvalue weighted by atomic mass is 32.1. The lowest BCUT2D eigenvalue weighted by molar-refractivity contribution is -0.134. The van der Waals surface area contributed by atoms with Crippen LogP contribution in [-0.2, 0) is 24.2 Å². The topological polar surface area (TPSA) is 82.9 Å². The van der Waals surface area contributed by atoms with Gasteiger partial charge in [-0.2, -0.15) is 0 Å². The van der Waals surface area contributed by atoms with E-state index < -0.39 is 0 Å². The van der Waals surface area contributed by atoms with Crippen LogP contribution in [0.25, 0.3) is 10.2 Å². The second-order valence-corrected chi connectivity index (χ2v) is 11.0. The van der Waals surface area contributed by atoms with Gasteiger partial charge >= 0.3 is 0 Å². The molecule has 3 aromatic rings. The van der Waals surface area contributed by atoms with Crippen molar-refractivity contribution in [1.82, 2.24) is 19.8 Å². The van der Waals surface area contributed by atoms with E-state index in [1.807, 2.05) is 12.3 Å². The molecule has 3 aliphatic rings. The van der Waals surface area contributed by atoms with Crippen molar-refractivity contribution in [2.45, 2.75) is 38.3 Å². The zero-order chi connectivity index (χ0) is 24.1. The number of amides is 1. The number of nitrogens with zero attached hydrogens (tertiary/aromatic N) is 5. The smallest absolute Gasteiger partial charge is 0.226 e. The summed E-state index contributed by atoms with van der Waals surface area (Å²) in [6, 6.07) is 4.58. The Kier molecular flexibility index (Phi) is 5.69. The molecule has 9 heteroatoms. The predicted molar refractivity (Wildman–Crippen MR) is 139 cm³/mol. The standard InChI is InChI=1S/C26H30N6O2S/c1-31(2)18-6-7-32(13-18)26(33)15-4-5-19-22(10-15)35-25-23(19)24(28-14-29-25)30-20-8-16-11-27-12-17(16)9-21(20)34-3/h8-9,11,14-15,18H,4-7,10,12-13H2,1-3H3,(H,28,29,30)/t15-,18+/m0/s1. The van der Waals surface area contributed by atoms with Gasteiger partial charge in [-0.1, -0.05) is 0 Å². The van der Waals surface area contributed by atoms with Crippen LogP contribution in [0.1, 0.15) is 34.4 Å². The lowest BCUT2D eigenvalue weighted by atomic mass is 9.87. The number of nitrogens with one attached hydrogen (secondary N) is 1. The maximum Gasteiger partial charge on any atom is 0.226 e. The van der Waals surface area contributed by atoms with Crippen LogP contribution in [0, 0.1) is 5.92 Å². The number of aryl methyl sites for hydroxylation is 1. The van der Waals surface area contributed by atoms with Gasteiger partial charge in [-0.15, -0.1) is 11.3 Å². The maximum atomic E-state index is 13.3. The van der Waals surface area contributed by atoms with Gasteiger partial charge in [0.25, 0.3) is 0 Å². The highest BCUT2D eigenvalue weighted by Gasteiger charge is 2.35. The Balaban J connectivity index is 1.27. The van der Waals surface area contributed by atoms with Crippen molar-refractivity contribution in [3.8, 4) is 5.75 Å². The molecule has 0 unspecified atom stereocenters. The highest BCUT2D eigenvalue weighted by molar-refractivity contribution is 7.19. The second-order valence-electron chi connectivity index (χ2n) is 9.88. The van der Waals surface area contributed by atoms with Gasteiger partial charge in [0.1, 0.15) is 22.7 Å². The molecule has 0 radical (unpaired) electrons. The molecule has 2 aliphatic heterocycles. The SMILES string of the molecule is COc1cc2c(cc1Nc1ncnc3sc4c(c13)CC[C@H](C(=O)N1CC[C@@H](N(C)C)C1)C4)C=NC2. The number of ether oxygens (including phenoxy) is 1. The fourth-order valence-electron chi connectivity index (χ4n) is 5.57. The molecule has 182 valence electrons. The van der Waals surface area contributed by atoms with E-state index in [1.165, 1.54) is 16.0 Å². The Bertz CT molecular complexity index is 1330. The third kappa shape index (κ3) is 3.96. The van der Waals surface area contributed by atoms with E-state index in [2.05, 4.69) is 50.2 Å². The van der Waals surface area contributed by atoms with Crippen LogP contribution in [0.3, 0.4) is 0 Å². The molecule has 1 aromatic carbocycles. The summed E-state index contributed by atoms with van der Waals surface area (Å²) >= 11 is 1.70. The molecule has 35 heavy (non-hydrogen) atoms. The van der Waals surface area contributed by atoms with Crippen molar-refractivity contribution in [2.24, 2.45) is 10.9 Å². The molecule has 1 amide bonds. The summed E-state index contributed by atoms with van der Waals surface area (Å²) in [5.74, 6) is 1.93. The number of hydrogen-bond acceptors (Lipinski definition) is 8. The Hall–Kier alpha value is -3.04. The maximum absolute atomic E-state index is 13.3. The minimum atomic E-state index is 0.0527. The van der Waals surface area contributed by atoms with Crippen molar-refractivity contribution in [3.63, 3.8) is 0 Å². The molecule has 2 aromatic heterocycles. The molecule has 0 bridgehead atoms. The minimum Gasteiger partial charge on any atom is -0.495 e. The summed E-state index contributed by atoms with van der Waals surface area (Å²) in [6.45, 7) is 2.40. The Morgan fingerprint density at radius 2 is 2.14 bits per heavy atom. The fraction of sp³-hybridized carbons (Fsp3) is 0.462. The fourth-order valence-corrected chi connectivity index (χ4v) is 6.84. The number of hydrogen-bond donors (Lipinski definition) is 1. The van der Waals surface area contributed by atoms with Gasteiger partial charge in [0.2, 0.25) is 5.91 Å². The highest BCUT2D eigenvalue weighted by Crippen LogP contribution is 2.42. The van der Waals surface area contributed by atoms with Crippen LogP contribution in [0.5, 0.6) is 5.75 Å². The molecule has 0 saturated carbocycles. The van der Waals surface area contributed by atoms with E-state index in [0.29, 0.717) is 18.5 Å². The van der Waals surface area contributed by atoms with Gasteiger partial charge < -0.3 is 19.9 Å². The number of benzene rings is 1. The first-order valence-electron chi connectivity index (χ1n) is 12.2. The lowest BCUT2D eigenvalue weighted by Crippen LogP contribution is -2.39. The monoisotopic (exact) mass is 490 g/mol. The number of likely N-dealkylation sites (N-methyl/N-ethyl adjacent to an activating group) is 1. The zero-order valence-electron chi connectivity index (χ0n) is 20.4.